The van der Waals surface area contributed by atoms with Gasteiger partial charge in [-0.15, -0.1) is 0 Å². The molecule has 0 aromatic carbocycles. The molecule has 9 heavy (non-hydrogen) atoms. The molecule has 0 spiro atoms. The second-order valence-corrected chi connectivity index (χ2v) is 2.60. The maximum atomic E-state index is 8.99. The first-order valence-electron chi connectivity index (χ1n) is 3.56. The fourth-order valence-corrected chi connectivity index (χ4v) is 1.27. The highest BCUT2D eigenvalue weighted by molar-refractivity contribution is 4.76. The third-order valence-electron chi connectivity index (χ3n) is 1.77. The van der Waals surface area contributed by atoms with Gasteiger partial charge in [-0.2, -0.15) is 0 Å². The van der Waals surface area contributed by atoms with Crippen molar-refractivity contribution in [2.24, 2.45) is 0 Å². The summed E-state index contributed by atoms with van der Waals surface area (Å²) in [6.07, 6.45) is 3.82. The first kappa shape index (κ1) is 7.03. The molecule has 1 saturated heterocycles. The topological polar surface area (TPSA) is 32.3 Å². The first-order valence-corrected chi connectivity index (χ1v) is 3.56. The number of hydrogen-bond acceptors (Lipinski definition) is 2. The van der Waals surface area contributed by atoms with Gasteiger partial charge in [0.15, 0.2) is 0 Å². The summed E-state index contributed by atoms with van der Waals surface area (Å²) in [4.78, 5) is 0. The Labute approximate surface area is 56.3 Å². The molecule has 2 N–H and O–H groups in total. The second-order valence-electron chi connectivity index (χ2n) is 2.60. The van der Waals surface area contributed by atoms with Crippen LogP contribution in [0.5, 0.6) is 0 Å². The lowest BCUT2D eigenvalue weighted by Crippen LogP contribution is -2.28. The standard InChI is InChI=1S/C7H14NO/c1-2-3-6-4-5-7(9)8-6/h6-9H,1-5H2. The molecule has 53 valence electrons. The Kier molecular flexibility index (Phi) is 2.49. The molecule has 2 atom stereocenters. The summed E-state index contributed by atoms with van der Waals surface area (Å²) in [5, 5.41) is 12.1. The van der Waals surface area contributed by atoms with Crippen LogP contribution in [0.2, 0.25) is 0 Å². The maximum absolute atomic E-state index is 8.99. The van der Waals surface area contributed by atoms with Crippen molar-refractivity contribution in [2.75, 3.05) is 0 Å². The predicted molar refractivity (Wildman–Crippen MR) is 36.8 cm³/mol. The minimum absolute atomic E-state index is 0.249. The van der Waals surface area contributed by atoms with Crippen molar-refractivity contribution in [1.29, 1.82) is 0 Å². The normalized spacial score (nSPS) is 35.3. The van der Waals surface area contributed by atoms with Crippen molar-refractivity contribution in [3.8, 4) is 0 Å². The van der Waals surface area contributed by atoms with Crippen LogP contribution in [-0.2, 0) is 0 Å². The van der Waals surface area contributed by atoms with E-state index in [1.807, 2.05) is 0 Å². The van der Waals surface area contributed by atoms with E-state index in [1.165, 1.54) is 0 Å². The average Bonchev–Trinajstić information content (AvgIpc) is 2.17. The minimum atomic E-state index is -0.249. The van der Waals surface area contributed by atoms with E-state index < -0.39 is 0 Å². The van der Waals surface area contributed by atoms with Gasteiger partial charge in [-0.1, -0.05) is 13.3 Å². The fraction of sp³-hybridized carbons (Fsp3) is 0.857. The molecule has 0 aromatic rings. The molecule has 0 saturated carbocycles. The molecule has 1 fully saturated rings. The van der Waals surface area contributed by atoms with Crippen molar-refractivity contribution in [3.63, 3.8) is 0 Å². The van der Waals surface area contributed by atoms with E-state index in [0.717, 1.165) is 25.7 Å². The van der Waals surface area contributed by atoms with Gasteiger partial charge in [-0.05, 0) is 19.3 Å². The van der Waals surface area contributed by atoms with Gasteiger partial charge in [0.05, 0.1) is 0 Å². The molecular weight excluding hydrogens is 114 g/mol. The Morgan fingerprint density at radius 2 is 2.33 bits per heavy atom. The van der Waals surface area contributed by atoms with Crippen LogP contribution >= 0.6 is 0 Å². The molecule has 0 aromatic heterocycles. The van der Waals surface area contributed by atoms with E-state index in [4.69, 9.17) is 5.11 Å². The van der Waals surface area contributed by atoms with Crippen LogP contribution in [-0.4, -0.2) is 17.4 Å². The number of hydrogen-bond donors (Lipinski definition) is 2. The highest BCUT2D eigenvalue weighted by Crippen LogP contribution is 2.13. The van der Waals surface area contributed by atoms with Gasteiger partial charge in [0.1, 0.15) is 6.23 Å². The molecule has 0 amide bonds. The molecular formula is C7H14NO. The molecule has 2 heteroatoms. The zero-order chi connectivity index (χ0) is 6.69. The van der Waals surface area contributed by atoms with Crippen molar-refractivity contribution in [3.05, 3.63) is 6.92 Å². The number of aliphatic hydroxyl groups excluding tert-OH is 1. The van der Waals surface area contributed by atoms with Gasteiger partial charge in [0.25, 0.3) is 0 Å². The second kappa shape index (κ2) is 3.18. The van der Waals surface area contributed by atoms with Crippen LogP contribution in [0.4, 0.5) is 0 Å². The molecule has 1 aliphatic heterocycles. The molecule has 2 unspecified atom stereocenters. The van der Waals surface area contributed by atoms with E-state index in [0.29, 0.717) is 6.04 Å². The summed E-state index contributed by atoms with van der Waals surface area (Å²) in [6, 6.07) is 0.525. The SMILES string of the molecule is [CH2]CCC1CCC(O)N1. The van der Waals surface area contributed by atoms with E-state index in [2.05, 4.69) is 12.2 Å². The van der Waals surface area contributed by atoms with Gasteiger partial charge in [-0.3, -0.25) is 5.32 Å². The van der Waals surface area contributed by atoms with Gasteiger partial charge in [-0.25, -0.2) is 0 Å². The molecule has 2 nitrogen and oxygen atoms in total. The maximum Gasteiger partial charge on any atom is 0.105 e. The highest BCUT2D eigenvalue weighted by Gasteiger charge is 2.19. The highest BCUT2D eigenvalue weighted by atomic mass is 16.3. The summed E-state index contributed by atoms with van der Waals surface area (Å²) in [5.41, 5.74) is 0. The summed E-state index contributed by atoms with van der Waals surface area (Å²) in [5.74, 6) is 0. The lowest BCUT2D eigenvalue weighted by atomic mass is 10.1. The molecule has 0 bridgehead atoms. The quantitative estimate of drug-likeness (QED) is 0.573. The monoisotopic (exact) mass is 128 g/mol. The summed E-state index contributed by atoms with van der Waals surface area (Å²) in [6.45, 7) is 3.75. The number of aliphatic hydroxyl groups is 1. The Morgan fingerprint density at radius 3 is 2.78 bits per heavy atom. The Hall–Kier alpha value is -0.0800. The van der Waals surface area contributed by atoms with Gasteiger partial charge < -0.3 is 5.11 Å². The van der Waals surface area contributed by atoms with Crippen LogP contribution in [0, 0.1) is 6.92 Å². The first-order chi connectivity index (χ1) is 4.33. The number of nitrogens with one attached hydrogen (secondary N) is 1. The van der Waals surface area contributed by atoms with Crippen LogP contribution in [0.1, 0.15) is 25.7 Å². The lowest BCUT2D eigenvalue weighted by Gasteiger charge is -2.07. The zero-order valence-corrected chi connectivity index (χ0v) is 5.64. The number of rotatable bonds is 2. The van der Waals surface area contributed by atoms with Crippen molar-refractivity contribution in [1.82, 2.24) is 5.32 Å². The summed E-state index contributed by atoms with van der Waals surface area (Å²) >= 11 is 0. The largest absolute Gasteiger partial charge is 0.379 e. The molecule has 1 rings (SSSR count). The van der Waals surface area contributed by atoms with Gasteiger partial charge >= 0.3 is 0 Å². The van der Waals surface area contributed by atoms with Crippen molar-refractivity contribution < 1.29 is 5.11 Å². The van der Waals surface area contributed by atoms with Crippen molar-refractivity contribution in [2.45, 2.75) is 38.0 Å². The van der Waals surface area contributed by atoms with E-state index in [1.54, 1.807) is 0 Å². The van der Waals surface area contributed by atoms with Crippen LogP contribution < -0.4 is 5.32 Å². The van der Waals surface area contributed by atoms with Crippen LogP contribution in [0.25, 0.3) is 0 Å². The molecule has 1 radical (unpaired) electrons. The lowest BCUT2D eigenvalue weighted by molar-refractivity contribution is 0.154. The fourth-order valence-electron chi connectivity index (χ4n) is 1.27. The molecule has 1 heterocycles. The third-order valence-corrected chi connectivity index (χ3v) is 1.77. The van der Waals surface area contributed by atoms with Gasteiger partial charge in [0.2, 0.25) is 0 Å². The Balaban J connectivity index is 2.14. The molecule has 0 aliphatic carbocycles. The summed E-state index contributed by atoms with van der Waals surface area (Å²) in [7, 11) is 0. The van der Waals surface area contributed by atoms with E-state index in [9.17, 15) is 0 Å². The smallest absolute Gasteiger partial charge is 0.105 e. The predicted octanol–water partition coefficient (Wildman–Crippen LogP) is 0.671. The van der Waals surface area contributed by atoms with Crippen LogP contribution in [0.3, 0.4) is 0 Å². The average molecular weight is 128 g/mol. The van der Waals surface area contributed by atoms with Crippen molar-refractivity contribution >= 4 is 0 Å². The Bertz CT molecular complexity index is 83.0. The van der Waals surface area contributed by atoms with Gasteiger partial charge in [0, 0.05) is 6.04 Å². The van der Waals surface area contributed by atoms with Crippen LogP contribution in [0.15, 0.2) is 0 Å². The minimum Gasteiger partial charge on any atom is -0.379 e. The van der Waals surface area contributed by atoms with E-state index in [-0.39, 0.29) is 6.23 Å². The zero-order valence-electron chi connectivity index (χ0n) is 5.64. The third kappa shape index (κ3) is 1.95. The summed E-state index contributed by atoms with van der Waals surface area (Å²) < 4.78 is 0. The van der Waals surface area contributed by atoms with E-state index >= 15 is 0 Å². The Morgan fingerprint density at radius 1 is 1.56 bits per heavy atom. The molecule has 1 aliphatic rings.